The molecule has 0 fully saturated rings. The average Bonchev–Trinajstić information content (AvgIpc) is 3.36. The lowest BCUT2D eigenvalue weighted by atomic mass is 10.1. The number of carbonyl (C=O) groups excluding carboxylic acids is 1. The number of hydrogen-bond donors (Lipinski definition) is 2. The van der Waals surface area contributed by atoms with Gasteiger partial charge >= 0.3 is 0 Å². The first-order valence-corrected chi connectivity index (χ1v) is 13.1. The van der Waals surface area contributed by atoms with Gasteiger partial charge in [0, 0.05) is 30.2 Å². The van der Waals surface area contributed by atoms with Crippen molar-refractivity contribution in [1.82, 2.24) is 10.3 Å². The summed E-state index contributed by atoms with van der Waals surface area (Å²) in [5, 5.41) is 2.84. The standard InChI is InChI=1S/C27H25N3O6S/c1-3-30(19-6-4-5-17(2)11-19)37(33,34)20-8-9-23-21(13-20)26(31)22(15-28-23)27(32)29-14-18-7-10-24-25(12-18)36-16-35-24/h4-13,15H,3,14,16H2,1-2H3,(H,28,31)(H,29,32). The van der Waals surface area contributed by atoms with Gasteiger partial charge in [-0.05, 0) is 67.4 Å². The molecule has 0 bridgehead atoms. The molecule has 1 amide bonds. The van der Waals surface area contributed by atoms with Crippen molar-refractivity contribution in [2.75, 3.05) is 17.6 Å². The van der Waals surface area contributed by atoms with Gasteiger partial charge in [-0.2, -0.15) is 0 Å². The summed E-state index contributed by atoms with van der Waals surface area (Å²) in [6.45, 7) is 4.16. The van der Waals surface area contributed by atoms with Gasteiger partial charge in [0.25, 0.3) is 15.9 Å². The van der Waals surface area contributed by atoms with Crippen LogP contribution in [0.1, 0.15) is 28.4 Å². The van der Waals surface area contributed by atoms with Crippen LogP contribution in [0.5, 0.6) is 11.5 Å². The van der Waals surface area contributed by atoms with Gasteiger partial charge in [-0.25, -0.2) is 8.42 Å². The van der Waals surface area contributed by atoms with Crippen molar-refractivity contribution in [1.29, 1.82) is 0 Å². The van der Waals surface area contributed by atoms with E-state index in [0.29, 0.717) is 22.7 Å². The third-order valence-electron chi connectivity index (χ3n) is 6.15. The predicted molar refractivity (Wildman–Crippen MR) is 140 cm³/mol. The van der Waals surface area contributed by atoms with Gasteiger partial charge in [-0.15, -0.1) is 0 Å². The molecule has 0 saturated carbocycles. The molecule has 5 rings (SSSR count). The van der Waals surface area contributed by atoms with E-state index in [0.717, 1.165) is 11.1 Å². The molecular formula is C27H25N3O6S. The minimum absolute atomic E-state index is 0.0354. The summed E-state index contributed by atoms with van der Waals surface area (Å²) in [5.74, 6) is 0.649. The summed E-state index contributed by atoms with van der Waals surface area (Å²) in [6, 6.07) is 16.8. The van der Waals surface area contributed by atoms with E-state index in [9.17, 15) is 18.0 Å². The maximum atomic E-state index is 13.5. The van der Waals surface area contributed by atoms with Crippen LogP contribution in [0.4, 0.5) is 5.69 Å². The minimum Gasteiger partial charge on any atom is -0.454 e. The van der Waals surface area contributed by atoms with Crippen molar-refractivity contribution < 1.29 is 22.7 Å². The van der Waals surface area contributed by atoms with E-state index in [4.69, 9.17) is 9.47 Å². The summed E-state index contributed by atoms with van der Waals surface area (Å²) in [6.07, 6.45) is 1.33. The van der Waals surface area contributed by atoms with Crippen molar-refractivity contribution in [2.24, 2.45) is 0 Å². The Morgan fingerprint density at radius 2 is 1.86 bits per heavy atom. The highest BCUT2D eigenvalue weighted by Crippen LogP contribution is 2.32. The van der Waals surface area contributed by atoms with Crippen LogP contribution >= 0.6 is 0 Å². The smallest absolute Gasteiger partial charge is 0.264 e. The third-order valence-corrected chi connectivity index (χ3v) is 8.05. The van der Waals surface area contributed by atoms with Gasteiger partial charge in [-0.3, -0.25) is 13.9 Å². The van der Waals surface area contributed by atoms with E-state index < -0.39 is 21.4 Å². The zero-order valence-corrected chi connectivity index (χ0v) is 21.1. The molecule has 1 aromatic heterocycles. The van der Waals surface area contributed by atoms with Gasteiger partial charge in [0.2, 0.25) is 12.2 Å². The predicted octanol–water partition coefficient (Wildman–Crippen LogP) is 3.71. The van der Waals surface area contributed by atoms with Gasteiger partial charge < -0.3 is 19.8 Å². The number of amides is 1. The second-order valence-electron chi connectivity index (χ2n) is 8.62. The Hall–Kier alpha value is -4.31. The molecule has 0 saturated heterocycles. The fourth-order valence-electron chi connectivity index (χ4n) is 4.26. The fraction of sp³-hybridized carbons (Fsp3) is 0.185. The van der Waals surface area contributed by atoms with Crippen molar-refractivity contribution in [3.05, 3.63) is 93.8 Å². The quantitative estimate of drug-likeness (QED) is 0.384. The first-order valence-electron chi connectivity index (χ1n) is 11.7. The molecule has 3 aromatic carbocycles. The van der Waals surface area contributed by atoms with Gasteiger partial charge in [0.15, 0.2) is 11.5 Å². The van der Waals surface area contributed by atoms with Crippen LogP contribution in [0, 0.1) is 6.92 Å². The van der Waals surface area contributed by atoms with Crippen molar-refractivity contribution in [3.63, 3.8) is 0 Å². The van der Waals surface area contributed by atoms with Crippen molar-refractivity contribution in [3.8, 4) is 11.5 Å². The van der Waals surface area contributed by atoms with E-state index in [-0.39, 0.29) is 35.7 Å². The zero-order valence-electron chi connectivity index (χ0n) is 20.3. The van der Waals surface area contributed by atoms with Gasteiger partial charge in [-0.1, -0.05) is 18.2 Å². The largest absolute Gasteiger partial charge is 0.454 e. The molecule has 0 aliphatic carbocycles. The van der Waals surface area contributed by atoms with E-state index in [1.165, 1.54) is 28.7 Å². The van der Waals surface area contributed by atoms with E-state index in [1.54, 1.807) is 43.3 Å². The monoisotopic (exact) mass is 519 g/mol. The van der Waals surface area contributed by atoms with Crippen molar-refractivity contribution >= 4 is 32.5 Å². The summed E-state index contributed by atoms with van der Waals surface area (Å²) >= 11 is 0. The topological polar surface area (TPSA) is 118 Å². The highest BCUT2D eigenvalue weighted by molar-refractivity contribution is 7.92. The number of pyridine rings is 1. The number of aromatic amines is 1. The number of aromatic nitrogens is 1. The molecule has 0 radical (unpaired) electrons. The zero-order chi connectivity index (χ0) is 26.2. The SMILES string of the molecule is CCN(c1cccc(C)c1)S(=O)(=O)c1ccc2[nH]cc(C(=O)NCc3ccc4c(c3)OCO4)c(=O)c2c1. The van der Waals surface area contributed by atoms with Crippen LogP contribution in [0.15, 0.2) is 76.6 Å². The second kappa shape index (κ2) is 9.62. The number of sulfonamides is 1. The Kier molecular flexibility index (Phi) is 6.34. The first kappa shape index (κ1) is 24.4. The van der Waals surface area contributed by atoms with Crippen molar-refractivity contribution in [2.45, 2.75) is 25.3 Å². The Bertz CT molecular complexity index is 1680. The normalized spacial score (nSPS) is 12.5. The van der Waals surface area contributed by atoms with Crippen LogP contribution in [0.25, 0.3) is 10.9 Å². The molecule has 190 valence electrons. The molecule has 2 heterocycles. The number of nitrogens with zero attached hydrogens (tertiary/aromatic N) is 1. The number of rotatable bonds is 7. The Morgan fingerprint density at radius 1 is 1.05 bits per heavy atom. The number of carbonyl (C=O) groups is 1. The van der Waals surface area contributed by atoms with Crippen LogP contribution in [-0.2, 0) is 16.6 Å². The number of nitrogens with one attached hydrogen (secondary N) is 2. The third kappa shape index (κ3) is 4.63. The molecule has 1 aliphatic rings. The van der Waals surface area contributed by atoms with E-state index in [1.807, 2.05) is 13.0 Å². The Labute approximate surface area is 213 Å². The highest BCUT2D eigenvalue weighted by Gasteiger charge is 2.25. The maximum absolute atomic E-state index is 13.5. The molecule has 0 atom stereocenters. The summed E-state index contributed by atoms with van der Waals surface area (Å²) in [5.41, 5.74) is 1.99. The lowest BCUT2D eigenvalue weighted by Crippen LogP contribution is -2.31. The number of fused-ring (bicyclic) bond motifs is 2. The summed E-state index contributed by atoms with van der Waals surface area (Å²) in [4.78, 5) is 29.0. The van der Waals surface area contributed by atoms with Gasteiger partial charge in [0.05, 0.1) is 10.6 Å². The maximum Gasteiger partial charge on any atom is 0.264 e. The molecule has 10 heteroatoms. The Morgan fingerprint density at radius 3 is 2.65 bits per heavy atom. The van der Waals surface area contributed by atoms with Gasteiger partial charge in [0.1, 0.15) is 5.56 Å². The van der Waals surface area contributed by atoms with Crippen LogP contribution in [0.2, 0.25) is 0 Å². The molecule has 0 unspecified atom stereocenters. The van der Waals surface area contributed by atoms with Crippen LogP contribution < -0.4 is 24.5 Å². The molecule has 37 heavy (non-hydrogen) atoms. The number of anilines is 1. The summed E-state index contributed by atoms with van der Waals surface area (Å²) in [7, 11) is -3.96. The molecule has 9 nitrogen and oxygen atoms in total. The Balaban J connectivity index is 1.43. The number of hydrogen-bond acceptors (Lipinski definition) is 6. The number of benzene rings is 3. The lowest BCUT2D eigenvalue weighted by Gasteiger charge is -2.23. The second-order valence-corrected chi connectivity index (χ2v) is 10.5. The average molecular weight is 520 g/mol. The van der Waals surface area contributed by atoms with E-state index >= 15 is 0 Å². The highest BCUT2D eigenvalue weighted by atomic mass is 32.2. The number of ether oxygens (including phenoxy) is 2. The molecule has 4 aromatic rings. The lowest BCUT2D eigenvalue weighted by molar-refractivity contribution is 0.0949. The van der Waals surface area contributed by atoms with Crippen LogP contribution in [0.3, 0.4) is 0 Å². The van der Waals surface area contributed by atoms with E-state index in [2.05, 4.69) is 10.3 Å². The number of aryl methyl sites for hydroxylation is 1. The molecule has 0 spiro atoms. The first-order chi connectivity index (χ1) is 17.8. The molecule has 1 aliphatic heterocycles. The summed E-state index contributed by atoms with van der Waals surface area (Å²) < 4.78 is 38.9. The fourth-order valence-corrected chi connectivity index (χ4v) is 5.75. The molecule has 2 N–H and O–H groups in total. The minimum atomic E-state index is -3.96. The van der Waals surface area contributed by atoms with Crippen LogP contribution in [-0.4, -0.2) is 32.6 Å². The molecular weight excluding hydrogens is 494 g/mol. The number of H-pyrrole nitrogens is 1.